The number of hydrogen-bond donors (Lipinski definition) is 1. The standard InChI is InChI=1S/C17H14N2/c1-2-6-14-12-16-15(11-13(14)5-1)7-3-8-17(16)19-10-4-9-18-19/h1-9,11-12,18H,10H2. The highest BCUT2D eigenvalue weighted by Crippen LogP contribution is 2.30. The van der Waals surface area contributed by atoms with E-state index in [1.165, 1.54) is 27.2 Å². The van der Waals surface area contributed by atoms with Crippen molar-refractivity contribution in [1.29, 1.82) is 0 Å². The number of hydrazine groups is 1. The average molecular weight is 246 g/mol. The first-order valence-electron chi connectivity index (χ1n) is 6.52. The van der Waals surface area contributed by atoms with Gasteiger partial charge in [-0.25, -0.2) is 0 Å². The van der Waals surface area contributed by atoms with Gasteiger partial charge in [-0.05, 0) is 40.4 Å². The Kier molecular flexibility index (Phi) is 2.21. The van der Waals surface area contributed by atoms with E-state index in [0.29, 0.717) is 0 Å². The Morgan fingerprint density at radius 1 is 0.842 bits per heavy atom. The second-order valence-electron chi connectivity index (χ2n) is 4.84. The molecule has 0 spiro atoms. The number of hydrogen-bond acceptors (Lipinski definition) is 2. The summed E-state index contributed by atoms with van der Waals surface area (Å²) in [5, 5.41) is 7.31. The van der Waals surface area contributed by atoms with Crippen LogP contribution in [0.4, 0.5) is 5.69 Å². The molecule has 4 rings (SSSR count). The highest BCUT2D eigenvalue weighted by Gasteiger charge is 2.11. The maximum absolute atomic E-state index is 3.27. The first-order valence-corrected chi connectivity index (χ1v) is 6.52. The van der Waals surface area contributed by atoms with Crippen LogP contribution < -0.4 is 10.4 Å². The zero-order chi connectivity index (χ0) is 12.7. The quantitative estimate of drug-likeness (QED) is 0.656. The van der Waals surface area contributed by atoms with Crippen LogP contribution in [0.5, 0.6) is 0 Å². The summed E-state index contributed by atoms with van der Waals surface area (Å²) in [5.41, 5.74) is 4.50. The van der Waals surface area contributed by atoms with Crippen molar-refractivity contribution in [2.45, 2.75) is 0 Å². The van der Waals surface area contributed by atoms with Gasteiger partial charge in [-0.2, -0.15) is 0 Å². The van der Waals surface area contributed by atoms with Gasteiger partial charge in [0.2, 0.25) is 0 Å². The highest BCUT2D eigenvalue weighted by atomic mass is 15.5. The second-order valence-corrected chi connectivity index (χ2v) is 4.84. The van der Waals surface area contributed by atoms with Gasteiger partial charge in [-0.15, -0.1) is 0 Å². The van der Waals surface area contributed by atoms with Gasteiger partial charge in [0.25, 0.3) is 0 Å². The molecule has 0 radical (unpaired) electrons. The maximum atomic E-state index is 3.27. The first kappa shape index (κ1) is 10.4. The van der Waals surface area contributed by atoms with Crippen molar-refractivity contribution < 1.29 is 0 Å². The normalized spacial score (nSPS) is 14.2. The van der Waals surface area contributed by atoms with Crippen LogP contribution in [-0.2, 0) is 0 Å². The molecular weight excluding hydrogens is 232 g/mol. The molecule has 0 amide bonds. The molecule has 0 saturated heterocycles. The minimum Gasteiger partial charge on any atom is -0.306 e. The Hall–Kier alpha value is -2.48. The van der Waals surface area contributed by atoms with E-state index >= 15 is 0 Å². The third-order valence-electron chi connectivity index (χ3n) is 3.65. The summed E-state index contributed by atoms with van der Waals surface area (Å²) in [7, 11) is 0. The summed E-state index contributed by atoms with van der Waals surface area (Å²) in [6.07, 6.45) is 4.11. The van der Waals surface area contributed by atoms with E-state index < -0.39 is 0 Å². The van der Waals surface area contributed by atoms with Crippen molar-refractivity contribution in [2.24, 2.45) is 0 Å². The molecule has 1 N–H and O–H groups in total. The van der Waals surface area contributed by atoms with Gasteiger partial charge in [-0.1, -0.05) is 36.4 Å². The highest BCUT2D eigenvalue weighted by molar-refractivity contribution is 6.03. The molecule has 1 heterocycles. The van der Waals surface area contributed by atoms with E-state index in [2.05, 4.69) is 71.1 Å². The molecule has 3 aromatic rings. The minimum atomic E-state index is 0.909. The molecule has 3 aromatic carbocycles. The van der Waals surface area contributed by atoms with Gasteiger partial charge in [-0.3, -0.25) is 5.01 Å². The lowest BCUT2D eigenvalue weighted by atomic mass is 10.0. The van der Waals surface area contributed by atoms with Gasteiger partial charge in [0.05, 0.1) is 12.2 Å². The van der Waals surface area contributed by atoms with Crippen molar-refractivity contribution in [3.63, 3.8) is 0 Å². The predicted molar refractivity (Wildman–Crippen MR) is 81.1 cm³/mol. The average Bonchev–Trinajstić information content (AvgIpc) is 2.98. The fourth-order valence-corrected chi connectivity index (χ4v) is 2.71. The summed E-state index contributed by atoms with van der Waals surface area (Å²) in [4.78, 5) is 0. The third-order valence-corrected chi connectivity index (χ3v) is 3.65. The van der Waals surface area contributed by atoms with Crippen molar-refractivity contribution >= 4 is 27.2 Å². The first-order chi connectivity index (χ1) is 9.42. The van der Waals surface area contributed by atoms with Crippen molar-refractivity contribution in [1.82, 2.24) is 5.43 Å². The van der Waals surface area contributed by atoms with Crippen molar-refractivity contribution in [3.05, 3.63) is 66.9 Å². The summed E-state index contributed by atoms with van der Waals surface area (Å²) >= 11 is 0. The Bertz CT molecular complexity index is 781. The van der Waals surface area contributed by atoms with Gasteiger partial charge in [0.1, 0.15) is 0 Å². The van der Waals surface area contributed by atoms with Crippen molar-refractivity contribution in [3.8, 4) is 0 Å². The second kappa shape index (κ2) is 4.02. The van der Waals surface area contributed by atoms with Crippen LogP contribution in [0.2, 0.25) is 0 Å². The predicted octanol–water partition coefficient (Wildman–Crippen LogP) is 3.83. The number of anilines is 1. The van der Waals surface area contributed by atoms with Gasteiger partial charge < -0.3 is 5.43 Å². The smallest absolute Gasteiger partial charge is 0.0654 e. The Labute approximate surface area is 111 Å². The lowest BCUT2D eigenvalue weighted by Crippen LogP contribution is -2.29. The lowest BCUT2D eigenvalue weighted by Gasteiger charge is -2.20. The Balaban J connectivity index is 2.01. The number of rotatable bonds is 1. The largest absolute Gasteiger partial charge is 0.306 e. The SMILES string of the molecule is C1=CNN(c2cccc3cc4ccccc4cc23)C1. The van der Waals surface area contributed by atoms with E-state index in [-0.39, 0.29) is 0 Å². The fourth-order valence-electron chi connectivity index (χ4n) is 2.71. The van der Waals surface area contributed by atoms with E-state index in [1.807, 2.05) is 6.20 Å². The van der Waals surface area contributed by atoms with E-state index in [1.54, 1.807) is 0 Å². The fraction of sp³-hybridized carbons (Fsp3) is 0.0588. The van der Waals surface area contributed by atoms with Crippen LogP contribution in [0.25, 0.3) is 21.5 Å². The van der Waals surface area contributed by atoms with Crippen LogP contribution in [0.15, 0.2) is 66.9 Å². The zero-order valence-corrected chi connectivity index (χ0v) is 10.5. The molecule has 1 aliphatic rings. The summed E-state index contributed by atoms with van der Waals surface area (Å²) < 4.78 is 0. The van der Waals surface area contributed by atoms with Crippen LogP contribution >= 0.6 is 0 Å². The molecule has 2 heteroatoms. The molecular formula is C17H14N2. The minimum absolute atomic E-state index is 0.909. The monoisotopic (exact) mass is 246 g/mol. The molecule has 0 aliphatic carbocycles. The van der Waals surface area contributed by atoms with Crippen LogP contribution in [-0.4, -0.2) is 6.54 Å². The number of fused-ring (bicyclic) bond motifs is 2. The number of nitrogens with one attached hydrogen (secondary N) is 1. The Morgan fingerprint density at radius 3 is 2.42 bits per heavy atom. The zero-order valence-electron chi connectivity index (χ0n) is 10.5. The van der Waals surface area contributed by atoms with Crippen molar-refractivity contribution in [2.75, 3.05) is 11.6 Å². The molecule has 0 bridgehead atoms. The van der Waals surface area contributed by atoms with Crippen LogP contribution in [0.1, 0.15) is 0 Å². The summed E-state index contributed by atoms with van der Waals surface area (Å²) in [6.45, 7) is 0.909. The number of benzene rings is 3. The topological polar surface area (TPSA) is 15.3 Å². The number of nitrogens with zero attached hydrogens (tertiary/aromatic N) is 1. The van der Waals surface area contributed by atoms with Gasteiger partial charge in [0, 0.05) is 11.6 Å². The molecule has 0 saturated carbocycles. The molecule has 0 fully saturated rings. The molecule has 2 nitrogen and oxygen atoms in total. The maximum Gasteiger partial charge on any atom is 0.0654 e. The van der Waals surface area contributed by atoms with E-state index in [9.17, 15) is 0 Å². The van der Waals surface area contributed by atoms with Crippen LogP contribution in [0, 0.1) is 0 Å². The molecule has 92 valence electrons. The van der Waals surface area contributed by atoms with E-state index in [4.69, 9.17) is 0 Å². The summed E-state index contributed by atoms with van der Waals surface area (Å²) in [6, 6.07) is 19.5. The molecule has 0 unspecified atom stereocenters. The lowest BCUT2D eigenvalue weighted by molar-refractivity contribution is 0.845. The van der Waals surface area contributed by atoms with Gasteiger partial charge >= 0.3 is 0 Å². The summed E-state index contributed by atoms with van der Waals surface area (Å²) in [5.74, 6) is 0. The molecule has 0 atom stereocenters. The van der Waals surface area contributed by atoms with E-state index in [0.717, 1.165) is 6.54 Å². The van der Waals surface area contributed by atoms with Gasteiger partial charge in [0.15, 0.2) is 0 Å². The molecule has 0 aromatic heterocycles. The molecule has 19 heavy (non-hydrogen) atoms. The molecule has 1 aliphatic heterocycles. The van der Waals surface area contributed by atoms with Crippen LogP contribution in [0.3, 0.4) is 0 Å². The third kappa shape index (κ3) is 1.65. The Morgan fingerprint density at radius 2 is 1.63 bits per heavy atom.